The fourth-order valence-corrected chi connectivity index (χ4v) is 2.79. The lowest BCUT2D eigenvalue weighted by Crippen LogP contribution is -1.99. The second kappa shape index (κ2) is 7.33. The molecule has 4 nitrogen and oxygen atoms in total. The minimum atomic E-state index is 0.684. The molecule has 0 atom stereocenters. The Morgan fingerprint density at radius 1 is 0.808 bits per heavy atom. The van der Waals surface area contributed by atoms with E-state index in [1.807, 2.05) is 89.6 Å². The summed E-state index contributed by atoms with van der Waals surface area (Å²) in [7, 11) is 0. The third-order valence-corrected chi connectivity index (χ3v) is 4.16. The molecular weight excluding hydrogens is 344 g/mol. The number of aromatic nitrogens is 3. The number of rotatable bonds is 4. The predicted molar refractivity (Wildman–Crippen MR) is 106 cm³/mol. The Morgan fingerprint density at radius 2 is 1.46 bits per heavy atom. The molecule has 126 valence electrons. The van der Waals surface area contributed by atoms with Gasteiger partial charge in [0.1, 0.15) is 11.4 Å². The highest BCUT2D eigenvalue weighted by Crippen LogP contribution is 2.25. The molecule has 4 rings (SSSR count). The van der Waals surface area contributed by atoms with E-state index in [1.54, 1.807) is 6.21 Å². The molecule has 0 radical (unpaired) electrons. The smallest absolute Gasteiger partial charge is 0.132 e. The van der Waals surface area contributed by atoms with Gasteiger partial charge >= 0.3 is 0 Å². The van der Waals surface area contributed by atoms with E-state index in [9.17, 15) is 0 Å². The molecule has 4 aromatic rings. The van der Waals surface area contributed by atoms with Gasteiger partial charge in [0.05, 0.1) is 17.6 Å². The summed E-state index contributed by atoms with van der Waals surface area (Å²) in [4.78, 5) is 4.51. The molecule has 26 heavy (non-hydrogen) atoms. The lowest BCUT2D eigenvalue weighted by Gasteiger charge is -2.07. The zero-order chi connectivity index (χ0) is 17.8. The molecule has 3 aromatic carbocycles. The van der Waals surface area contributed by atoms with Gasteiger partial charge in [-0.15, -0.1) is 5.10 Å². The zero-order valence-corrected chi connectivity index (χ0v) is 14.6. The van der Waals surface area contributed by atoms with Gasteiger partial charge in [-0.2, -0.15) is 0 Å². The molecule has 0 unspecified atom stereocenters. The molecule has 0 fully saturated rings. The van der Waals surface area contributed by atoms with Crippen LogP contribution >= 0.6 is 11.6 Å². The van der Waals surface area contributed by atoms with E-state index in [4.69, 9.17) is 11.6 Å². The van der Waals surface area contributed by atoms with Crippen LogP contribution in [0.25, 0.3) is 16.9 Å². The second-order valence-electron chi connectivity index (χ2n) is 5.67. The summed E-state index contributed by atoms with van der Waals surface area (Å²) in [5.74, 6) is 0. The average molecular weight is 359 g/mol. The van der Waals surface area contributed by atoms with E-state index >= 15 is 0 Å². The Hall–Kier alpha value is -3.24. The van der Waals surface area contributed by atoms with Crippen molar-refractivity contribution in [2.75, 3.05) is 0 Å². The summed E-state index contributed by atoms with van der Waals surface area (Å²) in [5.41, 5.74) is 4.39. The second-order valence-corrected chi connectivity index (χ2v) is 6.11. The van der Waals surface area contributed by atoms with Gasteiger partial charge in [0.25, 0.3) is 0 Å². The number of halogens is 1. The van der Waals surface area contributed by atoms with Crippen LogP contribution in [-0.2, 0) is 0 Å². The standard InChI is InChI=1S/C21H15ClN4/c22-17-11-13-18(14-12-17)23-15-20-21(16-7-3-1-4-8-16)26(25-24-20)19-9-5-2-6-10-19/h1-15H. The Balaban J connectivity index is 1.80. The van der Waals surface area contributed by atoms with Gasteiger partial charge in [-0.05, 0) is 36.4 Å². The van der Waals surface area contributed by atoms with E-state index < -0.39 is 0 Å². The van der Waals surface area contributed by atoms with Crippen molar-refractivity contribution in [3.05, 3.63) is 95.6 Å². The first kappa shape index (κ1) is 16.2. The van der Waals surface area contributed by atoms with E-state index in [2.05, 4.69) is 15.3 Å². The van der Waals surface area contributed by atoms with Crippen LogP contribution in [0.4, 0.5) is 5.69 Å². The van der Waals surface area contributed by atoms with E-state index in [1.165, 1.54) is 0 Å². The van der Waals surface area contributed by atoms with Crippen molar-refractivity contribution >= 4 is 23.5 Å². The first-order valence-electron chi connectivity index (χ1n) is 8.17. The van der Waals surface area contributed by atoms with Crippen LogP contribution in [0, 0.1) is 0 Å². The Bertz CT molecular complexity index is 1020. The number of para-hydroxylation sites is 1. The maximum atomic E-state index is 5.93. The van der Waals surface area contributed by atoms with Crippen LogP contribution < -0.4 is 0 Å². The lowest BCUT2D eigenvalue weighted by atomic mass is 10.1. The van der Waals surface area contributed by atoms with E-state index in [0.29, 0.717) is 10.7 Å². The molecule has 1 aromatic heterocycles. The Morgan fingerprint density at radius 3 is 2.15 bits per heavy atom. The molecule has 0 N–H and O–H groups in total. The summed E-state index contributed by atoms with van der Waals surface area (Å²) in [6.45, 7) is 0. The van der Waals surface area contributed by atoms with Crippen molar-refractivity contribution in [2.45, 2.75) is 0 Å². The fraction of sp³-hybridized carbons (Fsp3) is 0. The first-order valence-corrected chi connectivity index (χ1v) is 8.55. The van der Waals surface area contributed by atoms with Crippen LogP contribution in [0.3, 0.4) is 0 Å². The minimum absolute atomic E-state index is 0.684. The Labute approximate surface area is 156 Å². The van der Waals surface area contributed by atoms with Gasteiger partial charge < -0.3 is 0 Å². The van der Waals surface area contributed by atoms with Crippen LogP contribution in [-0.4, -0.2) is 21.2 Å². The first-order chi connectivity index (χ1) is 12.8. The summed E-state index contributed by atoms with van der Waals surface area (Å²) >= 11 is 5.93. The number of nitrogens with zero attached hydrogens (tertiary/aromatic N) is 4. The fourth-order valence-electron chi connectivity index (χ4n) is 2.66. The molecule has 0 aliphatic rings. The quantitative estimate of drug-likeness (QED) is 0.462. The van der Waals surface area contributed by atoms with Crippen LogP contribution in [0.2, 0.25) is 5.02 Å². The van der Waals surface area contributed by atoms with Gasteiger partial charge in [-0.25, -0.2) is 4.68 Å². The number of benzene rings is 3. The SMILES string of the molecule is Clc1ccc(N=Cc2nnn(-c3ccccc3)c2-c2ccccc2)cc1. The summed E-state index contributed by atoms with van der Waals surface area (Å²) in [6.07, 6.45) is 1.73. The number of hydrogen-bond acceptors (Lipinski definition) is 3. The molecule has 1 heterocycles. The van der Waals surface area contributed by atoms with Gasteiger partial charge in [0, 0.05) is 10.6 Å². The van der Waals surface area contributed by atoms with E-state index in [-0.39, 0.29) is 0 Å². The van der Waals surface area contributed by atoms with Gasteiger partial charge in [0.15, 0.2) is 0 Å². The monoisotopic (exact) mass is 358 g/mol. The molecule has 0 saturated heterocycles. The third kappa shape index (κ3) is 3.41. The highest BCUT2D eigenvalue weighted by atomic mass is 35.5. The summed E-state index contributed by atoms with van der Waals surface area (Å²) in [5, 5.41) is 9.37. The average Bonchev–Trinajstić information content (AvgIpc) is 3.13. The minimum Gasteiger partial charge on any atom is -0.254 e. The van der Waals surface area contributed by atoms with Crippen LogP contribution in [0.15, 0.2) is 89.9 Å². The molecule has 0 saturated carbocycles. The van der Waals surface area contributed by atoms with Crippen molar-refractivity contribution in [3.8, 4) is 16.9 Å². The highest BCUT2D eigenvalue weighted by Gasteiger charge is 2.14. The summed E-state index contributed by atoms with van der Waals surface area (Å²) < 4.78 is 1.83. The zero-order valence-electron chi connectivity index (χ0n) is 13.8. The van der Waals surface area contributed by atoms with Gasteiger partial charge in [0.2, 0.25) is 0 Å². The molecular formula is C21H15ClN4. The Kier molecular flexibility index (Phi) is 4.58. The normalized spacial score (nSPS) is 11.1. The van der Waals surface area contributed by atoms with Crippen molar-refractivity contribution in [1.82, 2.24) is 15.0 Å². The molecule has 0 spiro atoms. The molecule has 5 heteroatoms. The molecule has 0 amide bonds. The highest BCUT2D eigenvalue weighted by molar-refractivity contribution is 6.30. The van der Waals surface area contributed by atoms with Gasteiger partial charge in [-0.3, -0.25) is 4.99 Å². The third-order valence-electron chi connectivity index (χ3n) is 3.91. The van der Waals surface area contributed by atoms with E-state index in [0.717, 1.165) is 22.6 Å². The van der Waals surface area contributed by atoms with Gasteiger partial charge in [-0.1, -0.05) is 65.3 Å². The summed E-state index contributed by atoms with van der Waals surface area (Å²) in [6, 6.07) is 27.4. The van der Waals surface area contributed by atoms with Crippen molar-refractivity contribution in [2.24, 2.45) is 4.99 Å². The molecule has 0 bridgehead atoms. The van der Waals surface area contributed by atoms with Crippen LogP contribution in [0.5, 0.6) is 0 Å². The van der Waals surface area contributed by atoms with Crippen LogP contribution in [0.1, 0.15) is 5.69 Å². The molecule has 0 aliphatic heterocycles. The lowest BCUT2D eigenvalue weighted by molar-refractivity contribution is 0.807. The van der Waals surface area contributed by atoms with Crippen molar-refractivity contribution in [3.63, 3.8) is 0 Å². The topological polar surface area (TPSA) is 43.1 Å². The predicted octanol–water partition coefficient (Wildman–Crippen LogP) is 5.34. The van der Waals surface area contributed by atoms with Crippen molar-refractivity contribution < 1.29 is 0 Å². The molecule has 0 aliphatic carbocycles. The largest absolute Gasteiger partial charge is 0.254 e. The van der Waals surface area contributed by atoms with Crippen molar-refractivity contribution in [1.29, 1.82) is 0 Å². The maximum absolute atomic E-state index is 5.93. The number of aliphatic imine (C=N–C) groups is 1. The maximum Gasteiger partial charge on any atom is 0.132 e. The number of hydrogen-bond donors (Lipinski definition) is 0.